The Morgan fingerprint density at radius 2 is 1.86 bits per heavy atom. The molecule has 0 amide bonds. The topological polar surface area (TPSA) is 130 Å². The maximum atomic E-state index is 12.9. The minimum absolute atomic E-state index is 0.149. The molecule has 35 heavy (non-hydrogen) atoms. The number of carbonyl (C=O) groups excluding carboxylic acids is 1. The molecule has 0 radical (unpaired) electrons. The van der Waals surface area contributed by atoms with Crippen molar-refractivity contribution in [3.8, 4) is 11.5 Å². The third-order valence-electron chi connectivity index (χ3n) is 5.79. The lowest BCUT2D eigenvalue weighted by atomic mass is 10.0. The molecular formula is C24H27N5O6. The number of imidazole rings is 1. The predicted molar refractivity (Wildman–Crippen MR) is 129 cm³/mol. The van der Waals surface area contributed by atoms with Crippen molar-refractivity contribution in [2.45, 2.75) is 26.8 Å². The quantitative estimate of drug-likeness (QED) is 0.377. The van der Waals surface area contributed by atoms with Gasteiger partial charge in [-0.05, 0) is 23.1 Å². The molecule has 0 saturated carbocycles. The summed E-state index contributed by atoms with van der Waals surface area (Å²) >= 11 is 0. The van der Waals surface area contributed by atoms with Crippen LogP contribution in [0, 0.1) is 5.92 Å². The number of carbonyl (C=O) groups is 1. The van der Waals surface area contributed by atoms with Crippen molar-refractivity contribution in [3.63, 3.8) is 0 Å². The van der Waals surface area contributed by atoms with Gasteiger partial charge in [0, 0.05) is 50.6 Å². The highest BCUT2D eigenvalue weighted by Crippen LogP contribution is 2.33. The number of nitrogens with zero attached hydrogens (tertiary/aromatic N) is 4. The molecule has 0 saturated heterocycles. The van der Waals surface area contributed by atoms with Crippen molar-refractivity contribution in [1.29, 1.82) is 0 Å². The molecule has 184 valence electrons. The summed E-state index contributed by atoms with van der Waals surface area (Å²) in [7, 11) is 4.57. The first-order chi connectivity index (χ1) is 16.7. The summed E-state index contributed by atoms with van der Waals surface area (Å²) in [4.78, 5) is 48.9. The number of rotatable bonds is 8. The fourth-order valence-electron chi connectivity index (χ4n) is 4.03. The van der Waals surface area contributed by atoms with Crippen LogP contribution in [0.1, 0.15) is 25.2 Å². The van der Waals surface area contributed by atoms with E-state index in [4.69, 9.17) is 14.2 Å². The van der Waals surface area contributed by atoms with E-state index < -0.39 is 17.2 Å². The molecule has 0 spiro atoms. The molecule has 0 aliphatic rings. The molecule has 4 aromatic rings. The van der Waals surface area contributed by atoms with E-state index in [9.17, 15) is 14.4 Å². The van der Waals surface area contributed by atoms with Crippen LogP contribution in [0.15, 0.2) is 34.1 Å². The van der Waals surface area contributed by atoms with Crippen LogP contribution in [-0.4, -0.2) is 50.9 Å². The zero-order chi connectivity index (χ0) is 25.3. The van der Waals surface area contributed by atoms with Gasteiger partial charge in [0.15, 0.2) is 17.1 Å². The molecule has 0 aliphatic heterocycles. The van der Waals surface area contributed by atoms with E-state index in [1.54, 1.807) is 26.6 Å². The zero-order valence-corrected chi connectivity index (χ0v) is 20.2. The normalized spacial score (nSPS) is 12.1. The molecule has 3 aromatic heterocycles. The van der Waals surface area contributed by atoms with Gasteiger partial charge in [0.05, 0.1) is 20.8 Å². The first-order valence-electron chi connectivity index (χ1n) is 11.0. The fraction of sp³-hybridized carbons (Fsp3) is 0.375. The SMILES string of the molecule is COc1cc2cncc(Cc3nc4c([nH]3)c(=O)n(C)c(=O)n4CC(C)COC(C)=O)c2cc1OC. The number of hydrogen-bond donors (Lipinski definition) is 1. The van der Waals surface area contributed by atoms with E-state index >= 15 is 0 Å². The van der Waals surface area contributed by atoms with Gasteiger partial charge in [-0.15, -0.1) is 0 Å². The lowest BCUT2D eigenvalue weighted by molar-refractivity contribution is -0.142. The van der Waals surface area contributed by atoms with Crippen LogP contribution in [0.2, 0.25) is 0 Å². The number of benzene rings is 1. The summed E-state index contributed by atoms with van der Waals surface area (Å²) in [6, 6.07) is 3.72. The number of methoxy groups -OCH3 is 2. The van der Waals surface area contributed by atoms with Crippen molar-refractivity contribution < 1.29 is 19.0 Å². The van der Waals surface area contributed by atoms with Crippen LogP contribution in [-0.2, 0) is 29.5 Å². The van der Waals surface area contributed by atoms with E-state index in [1.807, 2.05) is 19.1 Å². The fourth-order valence-corrected chi connectivity index (χ4v) is 4.03. The number of fused-ring (bicyclic) bond motifs is 2. The average molecular weight is 482 g/mol. The van der Waals surface area contributed by atoms with E-state index in [1.165, 1.54) is 18.5 Å². The van der Waals surface area contributed by atoms with Crippen LogP contribution in [0.4, 0.5) is 0 Å². The summed E-state index contributed by atoms with van der Waals surface area (Å²) in [6.07, 6.45) is 3.81. The van der Waals surface area contributed by atoms with Gasteiger partial charge in [-0.3, -0.25) is 23.7 Å². The minimum atomic E-state index is -0.487. The molecule has 0 bridgehead atoms. The molecule has 1 unspecified atom stereocenters. The van der Waals surface area contributed by atoms with E-state index in [-0.39, 0.29) is 30.2 Å². The molecule has 0 fully saturated rings. The molecule has 1 aromatic carbocycles. The second-order valence-corrected chi connectivity index (χ2v) is 8.45. The van der Waals surface area contributed by atoms with Gasteiger partial charge < -0.3 is 19.2 Å². The van der Waals surface area contributed by atoms with Crippen LogP contribution in [0.3, 0.4) is 0 Å². The summed E-state index contributed by atoms with van der Waals surface area (Å²) in [6.45, 7) is 3.56. The molecule has 11 nitrogen and oxygen atoms in total. The van der Waals surface area contributed by atoms with E-state index in [0.29, 0.717) is 23.7 Å². The Kier molecular flexibility index (Phi) is 6.59. The Labute approximate surface area is 200 Å². The number of esters is 1. The largest absolute Gasteiger partial charge is 0.493 e. The molecule has 11 heteroatoms. The number of ether oxygens (including phenoxy) is 3. The Balaban J connectivity index is 1.77. The lowest BCUT2D eigenvalue weighted by Gasteiger charge is -2.14. The highest BCUT2D eigenvalue weighted by molar-refractivity contribution is 5.88. The molecular weight excluding hydrogens is 454 g/mol. The van der Waals surface area contributed by atoms with Crippen molar-refractivity contribution >= 4 is 27.9 Å². The third kappa shape index (κ3) is 4.61. The maximum absolute atomic E-state index is 12.9. The first-order valence-corrected chi connectivity index (χ1v) is 11.0. The number of hydrogen-bond acceptors (Lipinski definition) is 8. The lowest BCUT2D eigenvalue weighted by Crippen LogP contribution is -2.39. The standard InChI is InChI=1S/C24H27N5O6/c1-13(12-35-14(2)30)11-29-22-21(23(31)28(3)24(29)32)26-20(27-22)7-16-10-25-9-15-6-18(33-4)19(34-5)8-17(15)16/h6,8-10,13H,7,11-12H2,1-5H3,(H,26,27). The highest BCUT2D eigenvalue weighted by Gasteiger charge is 2.19. The number of aromatic amines is 1. The Morgan fingerprint density at radius 1 is 1.14 bits per heavy atom. The second-order valence-electron chi connectivity index (χ2n) is 8.45. The highest BCUT2D eigenvalue weighted by atomic mass is 16.5. The molecule has 1 atom stereocenters. The summed E-state index contributed by atoms with van der Waals surface area (Å²) < 4.78 is 18.4. The van der Waals surface area contributed by atoms with Gasteiger partial charge in [0.25, 0.3) is 5.56 Å². The Bertz CT molecular complexity index is 1530. The van der Waals surface area contributed by atoms with Gasteiger partial charge >= 0.3 is 11.7 Å². The number of pyridine rings is 1. The summed E-state index contributed by atoms with van der Waals surface area (Å²) in [5, 5.41) is 1.77. The summed E-state index contributed by atoms with van der Waals surface area (Å²) in [5.41, 5.74) is 0.398. The van der Waals surface area contributed by atoms with Crippen molar-refractivity contribution in [2.75, 3.05) is 20.8 Å². The smallest absolute Gasteiger partial charge is 0.332 e. The monoisotopic (exact) mass is 481 g/mol. The van der Waals surface area contributed by atoms with Gasteiger partial charge in [0.2, 0.25) is 0 Å². The van der Waals surface area contributed by atoms with E-state index in [2.05, 4.69) is 15.0 Å². The van der Waals surface area contributed by atoms with Crippen LogP contribution < -0.4 is 20.7 Å². The predicted octanol–water partition coefficient (Wildman–Crippen LogP) is 1.78. The molecule has 4 rings (SSSR count). The number of H-pyrrole nitrogens is 1. The first kappa shape index (κ1) is 24.0. The van der Waals surface area contributed by atoms with Gasteiger partial charge in [-0.1, -0.05) is 6.92 Å². The van der Waals surface area contributed by atoms with Crippen molar-refractivity contribution in [1.82, 2.24) is 24.1 Å². The minimum Gasteiger partial charge on any atom is -0.493 e. The van der Waals surface area contributed by atoms with Gasteiger partial charge in [-0.25, -0.2) is 9.78 Å². The van der Waals surface area contributed by atoms with Crippen LogP contribution in [0.25, 0.3) is 21.9 Å². The van der Waals surface area contributed by atoms with Crippen molar-refractivity contribution in [3.05, 3.63) is 56.8 Å². The zero-order valence-electron chi connectivity index (χ0n) is 20.2. The third-order valence-corrected chi connectivity index (χ3v) is 5.79. The summed E-state index contributed by atoms with van der Waals surface area (Å²) in [5.74, 6) is 1.13. The van der Waals surface area contributed by atoms with E-state index in [0.717, 1.165) is 20.9 Å². The van der Waals surface area contributed by atoms with Crippen LogP contribution in [0.5, 0.6) is 11.5 Å². The van der Waals surface area contributed by atoms with Crippen LogP contribution >= 0.6 is 0 Å². The second kappa shape index (κ2) is 9.61. The molecule has 3 heterocycles. The maximum Gasteiger partial charge on any atom is 0.332 e. The van der Waals surface area contributed by atoms with Gasteiger partial charge in [-0.2, -0.15) is 0 Å². The van der Waals surface area contributed by atoms with Crippen molar-refractivity contribution in [2.24, 2.45) is 13.0 Å². The van der Waals surface area contributed by atoms with Gasteiger partial charge in [0.1, 0.15) is 11.3 Å². The Morgan fingerprint density at radius 3 is 2.54 bits per heavy atom. The average Bonchev–Trinajstić information content (AvgIpc) is 3.27. The number of nitrogens with one attached hydrogen (secondary N) is 1. The molecule has 0 aliphatic carbocycles. The molecule has 1 N–H and O–H groups in total. The number of aromatic nitrogens is 5. The Hall–Kier alpha value is -4.15.